The molecule has 3 aromatic heterocycles. The third-order valence-corrected chi connectivity index (χ3v) is 6.75. The first-order chi connectivity index (χ1) is 15.8. The van der Waals surface area contributed by atoms with Gasteiger partial charge in [0.05, 0.1) is 17.3 Å². The molecular weight excluding hydrogens is 462 g/mol. The monoisotopic (exact) mass is 479 g/mol. The number of pyridine rings is 1. The van der Waals surface area contributed by atoms with Crippen molar-refractivity contribution >= 4 is 51.2 Å². The molecule has 4 aromatic rings. The molecule has 0 radical (unpaired) electrons. The topological polar surface area (TPSA) is 101 Å². The summed E-state index contributed by atoms with van der Waals surface area (Å²) < 4.78 is 1.84. The Labute approximate surface area is 197 Å². The van der Waals surface area contributed by atoms with E-state index in [0.29, 0.717) is 26.9 Å². The van der Waals surface area contributed by atoms with Crippen molar-refractivity contribution in [2.75, 3.05) is 4.90 Å². The number of carbonyl (C=O) groups excluding carboxylic acids is 2. The Bertz CT molecular complexity index is 1470. The van der Waals surface area contributed by atoms with Crippen molar-refractivity contribution in [2.45, 2.75) is 26.8 Å². The van der Waals surface area contributed by atoms with Gasteiger partial charge in [-0.05, 0) is 50.1 Å². The first-order valence-corrected chi connectivity index (χ1v) is 11.3. The summed E-state index contributed by atoms with van der Waals surface area (Å²) in [7, 11) is 0. The van der Waals surface area contributed by atoms with Gasteiger partial charge in [-0.15, -0.1) is 10.2 Å². The molecule has 1 saturated heterocycles. The van der Waals surface area contributed by atoms with Gasteiger partial charge in [0.15, 0.2) is 5.76 Å². The first-order valence-electron chi connectivity index (χ1n) is 10.1. The number of amides is 1. The molecule has 1 amide bonds. The fourth-order valence-corrected chi connectivity index (χ4v) is 4.89. The predicted octanol–water partition coefficient (Wildman–Crippen LogP) is 4.39. The van der Waals surface area contributed by atoms with Gasteiger partial charge in [0.1, 0.15) is 16.3 Å². The maximum atomic E-state index is 13.2. The number of fused-ring (bicyclic) bond motifs is 1. The van der Waals surface area contributed by atoms with Crippen molar-refractivity contribution < 1.29 is 14.7 Å². The number of aromatic nitrogens is 4. The Balaban J connectivity index is 1.77. The van der Waals surface area contributed by atoms with Gasteiger partial charge in [0, 0.05) is 11.2 Å². The number of aryl methyl sites for hydroxylation is 3. The van der Waals surface area contributed by atoms with Gasteiger partial charge in [-0.1, -0.05) is 41.1 Å². The van der Waals surface area contributed by atoms with E-state index < -0.39 is 17.7 Å². The smallest absolute Gasteiger partial charge is 0.301 e. The molecule has 1 aliphatic rings. The number of hydrogen-bond donors (Lipinski definition) is 1. The average molecular weight is 480 g/mol. The van der Waals surface area contributed by atoms with Crippen LogP contribution >= 0.6 is 22.9 Å². The van der Waals surface area contributed by atoms with Gasteiger partial charge in [0.25, 0.3) is 5.78 Å². The van der Waals surface area contributed by atoms with Gasteiger partial charge >= 0.3 is 5.91 Å². The molecule has 1 atom stereocenters. The van der Waals surface area contributed by atoms with Crippen molar-refractivity contribution in [3.63, 3.8) is 0 Å². The molecule has 8 nitrogen and oxygen atoms in total. The zero-order chi connectivity index (χ0) is 23.4. The lowest BCUT2D eigenvalue weighted by Gasteiger charge is -2.22. The Morgan fingerprint density at radius 1 is 1.09 bits per heavy atom. The van der Waals surface area contributed by atoms with Crippen LogP contribution in [-0.2, 0) is 9.59 Å². The molecule has 1 fully saturated rings. The molecule has 0 bridgehead atoms. The van der Waals surface area contributed by atoms with E-state index in [4.69, 9.17) is 11.6 Å². The minimum absolute atomic E-state index is 0.0562. The van der Waals surface area contributed by atoms with Gasteiger partial charge in [0.2, 0.25) is 5.13 Å². The zero-order valence-corrected chi connectivity index (χ0v) is 19.5. The Hall–Kier alpha value is -3.56. The van der Waals surface area contributed by atoms with Crippen molar-refractivity contribution in [3.8, 4) is 0 Å². The molecule has 1 N–H and O–H groups in total. The number of rotatable bonds is 3. The Morgan fingerprint density at radius 3 is 2.45 bits per heavy atom. The average Bonchev–Trinajstić information content (AvgIpc) is 3.44. The van der Waals surface area contributed by atoms with E-state index >= 15 is 0 Å². The van der Waals surface area contributed by atoms with Gasteiger partial charge in [-0.3, -0.25) is 14.5 Å². The number of aliphatic hydroxyl groups excluding tert-OH is 1. The number of ketones is 1. The molecule has 4 heterocycles. The van der Waals surface area contributed by atoms with Crippen LogP contribution < -0.4 is 4.90 Å². The second kappa shape index (κ2) is 7.79. The molecule has 33 heavy (non-hydrogen) atoms. The number of nitrogens with zero attached hydrogens (tertiary/aromatic N) is 5. The standard InChI is InChI=1S/C23H18ClN5O3S/c1-11-5-4-10-28-12(2)17(25-21(11)28)19(30)16-18(14-6-8-15(24)9-7-14)29(22(32)20(16)31)23-27-26-13(3)33-23/h4-10,18,30H,1-3H3. The summed E-state index contributed by atoms with van der Waals surface area (Å²) in [5, 5.41) is 20.9. The van der Waals surface area contributed by atoms with Crippen molar-refractivity contribution in [2.24, 2.45) is 0 Å². The molecule has 1 aliphatic heterocycles. The summed E-state index contributed by atoms with van der Waals surface area (Å²) in [6.45, 7) is 5.48. The van der Waals surface area contributed by atoms with Crippen LogP contribution in [0.15, 0.2) is 48.2 Å². The lowest BCUT2D eigenvalue weighted by molar-refractivity contribution is -0.132. The van der Waals surface area contributed by atoms with Crippen molar-refractivity contribution in [1.29, 1.82) is 0 Å². The summed E-state index contributed by atoms with van der Waals surface area (Å²) in [6.07, 6.45) is 1.83. The maximum absolute atomic E-state index is 13.2. The van der Waals surface area contributed by atoms with Gasteiger partial charge < -0.3 is 9.51 Å². The van der Waals surface area contributed by atoms with Crippen LogP contribution in [0.4, 0.5) is 5.13 Å². The number of aliphatic hydroxyl groups is 1. The number of carbonyl (C=O) groups is 2. The minimum Gasteiger partial charge on any atom is -0.505 e. The van der Waals surface area contributed by atoms with Crippen LogP contribution in [0.1, 0.15) is 33.6 Å². The molecule has 1 aromatic carbocycles. The van der Waals surface area contributed by atoms with Crippen LogP contribution in [0.3, 0.4) is 0 Å². The Kier molecular flexibility index (Phi) is 5.02. The number of halogens is 1. The lowest BCUT2D eigenvalue weighted by atomic mass is 9.96. The highest BCUT2D eigenvalue weighted by Crippen LogP contribution is 2.43. The maximum Gasteiger partial charge on any atom is 0.301 e. The van der Waals surface area contributed by atoms with Crippen molar-refractivity contribution in [1.82, 2.24) is 19.6 Å². The summed E-state index contributed by atoms with van der Waals surface area (Å²) in [5.74, 6) is -1.93. The van der Waals surface area contributed by atoms with E-state index in [2.05, 4.69) is 15.2 Å². The van der Waals surface area contributed by atoms with Gasteiger partial charge in [-0.25, -0.2) is 4.98 Å². The van der Waals surface area contributed by atoms with E-state index in [9.17, 15) is 14.7 Å². The lowest BCUT2D eigenvalue weighted by Crippen LogP contribution is -2.29. The zero-order valence-electron chi connectivity index (χ0n) is 17.9. The molecule has 10 heteroatoms. The number of hydrogen-bond acceptors (Lipinski definition) is 7. The Morgan fingerprint density at radius 2 is 1.82 bits per heavy atom. The van der Waals surface area contributed by atoms with Crippen LogP contribution in [0.2, 0.25) is 5.02 Å². The van der Waals surface area contributed by atoms with Crippen LogP contribution in [0.5, 0.6) is 0 Å². The second-order valence-electron chi connectivity index (χ2n) is 7.75. The SMILES string of the molecule is Cc1nnc(N2C(=O)C(=O)C(=C(O)c3nc4c(C)cccn4c3C)C2c2ccc(Cl)cc2)s1. The van der Waals surface area contributed by atoms with E-state index in [1.165, 1.54) is 16.2 Å². The summed E-state index contributed by atoms with van der Waals surface area (Å²) in [4.78, 5) is 32.2. The van der Waals surface area contributed by atoms with E-state index in [-0.39, 0.29) is 22.2 Å². The number of Topliss-reactive ketones (excluding diaryl/α,β-unsaturated/α-hetero) is 1. The normalized spacial score (nSPS) is 17.9. The highest BCUT2D eigenvalue weighted by Gasteiger charge is 2.48. The number of anilines is 1. The van der Waals surface area contributed by atoms with E-state index in [1.54, 1.807) is 38.1 Å². The first kappa shape index (κ1) is 21.3. The quantitative estimate of drug-likeness (QED) is 0.266. The minimum atomic E-state index is -0.903. The van der Waals surface area contributed by atoms with E-state index in [0.717, 1.165) is 5.56 Å². The van der Waals surface area contributed by atoms with Crippen LogP contribution in [0, 0.1) is 20.8 Å². The fraction of sp³-hybridized carbons (Fsp3) is 0.174. The van der Waals surface area contributed by atoms with Crippen LogP contribution in [0.25, 0.3) is 11.4 Å². The van der Waals surface area contributed by atoms with Gasteiger partial charge in [-0.2, -0.15) is 0 Å². The molecule has 1 unspecified atom stereocenters. The summed E-state index contributed by atoms with van der Waals surface area (Å²) in [5.41, 5.74) is 3.02. The molecule has 0 saturated carbocycles. The summed E-state index contributed by atoms with van der Waals surface area (Å²) >= 11 is 7.26. The van der Waals surface area contributed by atoms with E-state index in [1.807, 2.05) is 29.7 Å². The highest BCUT2D eigenvalue weighted by molar-refractivity contribution is 7.15. The second-order valence-corrected chi connectivity index (χ2v) is 9.35. The summed E-state index contributed by atoms with van der Waals surface area (Å²) in [6, 6.07) is 9.66. The molecule has 5 rings (SSSR count). The fourth-order valence-electron chi connectivity index (χ4n) is 4.05. The molecule has 0 spiro atoms. The predicted molar refractivity (Wildman–Crippen MR) is 126 cm³/mol. The molecule has 0 aliphatic carbocycles. The third-order valence-electron chi connectivity index (χ3n) is 5.66. The van der Waals surface area contributed by atoms with Crippen LogP contribution in [-0.4, -0.2) is 36.4 Å². The molecule has 166 valence electrons. The van der Waals surface area contributed by atoms with Crippen molar-refractivity contribution in [3.05, 3.63) is 80.7 Å². The number of benzene rings is 1. The highest BCUT2D eigenvalue weighted by atomic mass is 35.5. The molecular formula is C23H18ClN5O3S. The largest absolute Gasteiger partial charge is 0.505 e. The number of imidazole rings is 1. The third kappa shape index (κ3) is 3.32.